The minimum atomic E-state index is -0.369. The number of benzene rings is 2. The summed E-state index contributed by atoms with van der Waals surface area (Å²) < 4.78 is 6.58. The third-order valence-corrected chi connectivity index (χ3v) is 6.97. The molecule has 2 saturated heterocycles. The van der Waals surface area contributed by atoms with Gasteiger partial charge in [-0.1, -0.05) is 35.6 Å². The predicted molar refractivity (Wildman–Crippen MR) is 122 cm³/mol. The fourth-order valence-corrected chi connectivity index (χ4v) is 5.22. The van der Waals surface area contributed by atoms with Crippen molar-refractivity contribution >= 4 is 44.4 Å². The molecule has 2 atom stereocenters. The van der Waals surface area contributed by atoms with E-state index in [9.17, 15) is 9.59 Å². The van der Waals surface area contributed by atoms with Crippen LogP contribution in [0.2, 0.25) is 0 Å². The Morgan fingerprint density at radius 1 is 1.19 bits per heavy atom. The molecule has 0 aliphatic carbocycles. The topological polar surface area (TPSA) is 74.8 Å². The number of hydrogen-bond acceptors (Lipinski definition) is 6. The summed E-state index contributed by atoms with van der Waals surface area (Å²) in [5.41, 5.74) is 3.15. The Morgan fingerprint density at radius 2 is 2.00 bits per heavy atom. The summed E-state index contributed by atoms with van der Waals surface area (Å²) in [7, 11) is 0. The number of cyclic esters (lactones) is 1. The van der Waals surface area contributed by atoms with E-state index in [1.807, 2.05) is 18.2 Å². The van der Waals surface area contributed by atoms with Crippen LogP contribution >= 0.6 is 11.3 Å². The van der Waals surface area contributed by atoms with Crippen LogP contribution in [0.1, 0.15) is 24.8 Å². The molecular weight excluding hydrogens is 412 g/mol. The van der Waals surface area contributed by atoms with Gasteiger partial charge in [-0.3, -0.25) is 9.69 Å². The Morgan fingerprint density at radius 3 is 2.77 bits per heavy atom. The smallest absolute Gasteiger partial charge is 0.414 e. The molecule has 0 spiro atoms. The van der Waals surface area contributed by atoms with E-state index in [2.05, 4.69) is 40.5 Å². The number of fused-ring (bicyclic) bond motifs is 1. The first-order chi connectivity index (χ1) is 15.1. The van der Waals surface area contributed by atoms with Crippen LogP contribution in [0, 0.1) is 0 Å². The van der Waals surface area contributed by atoms with Gasteiger partial charge in [0.15, 0.2) is 5.13 Å². The van der Waals surface area contributed by atoms with Crippen molar-refractivity contribution < 1.29 is 14.3 Å². The number of nitrogens with zero attached hydrogens (tertiary/aromatic N) is 3. The van der Waals surface area contributed by atoms with Gasteiger partial charge in [0.25, 0.3) is 0 Å². The first-order valence-corrected chi connectivity index (χ1v) is 11.3. The summed E-state index contributed by atoms with van der Waals surface area (Å²) in [5.74, 6) is 0.314. The van der Waals surface area contributed by atoms with Crippen LogP contribution in [0.15, 0.2) is 48.5 Å². The lowest BCUT2D eigenvalue weighted by atomic mass is 9.98. The van der Waals surface area contributed by atoms with Gasteiger partial charge in [0.05, 0.1) is 23.3 Å². The maximum atomic E-state index is 12.2. The van der Waals surface area contributed by atoms with Gasteiger partial charge in [-0.2, -0.15) is 0 Å². The summed E-state index contributed by atoms with van der Waals surface area (Å²) in [4.78, 5) is 32.1. The fourth-order valence-electron chi connectivity index (χ4n) is 4.22. The van der Waals surface area contributed by atoms with E-state index in [4.69, 9.17) is 9.72 Å². The van der Waals surface area contributed by atoms with Gasteiger partial charge in [0, 0.05) is 31.6 Å². The lowest BCUT2D eigenvalue weighted by Crippen LogP contribution is -2.33. The highest BCUT2D eigenvalue weighted by Gasteiger charge is 2.32. The summed E-state index contributed by atoms with van der Waals surface area (Å²) in [5, 5.41) is 3.79. The number of para-hydroxylation sites is 1. The van der Waals surface area contributed by atoms with Gasteiger partial charge < -0.3 is 15.0 Å². The predicted octanol–water partition coefficient (Wildman–Crippen LogP) is 3.75. The van der Waals surface area contributed by atoms with Crippen molar-refractivity contribution in [2.24, 2.45) is 0 Å². The van der Waals surface area contributed by atoms with Crippen molar-refractivity contribution in [3.63, 3.8) is 0 Å². The molecule has 0 saturated carbocycles. The van der Waals surface area contributed by atoms with Gasteiger partial charge in [-0.25, -0.2) is 9.78 Å². The van der Waals surface area contributed by atoms with E-state index in [0.29, 0.717) is 19.0 Å². The van der Waals surface area contributed by atoms with Gasteiger partial charge >= 0.3 is 6.09 Å². The number of nitrogens with one attached hydrogen (secondary N) is 1. The number of hydrogen-bond donors (Lipinski definition) is 1. The standard InChI is InChI=1S/C23H24N4O3S/c1-15(28)24-12-19-14-27(23(29)30-19)18-8-6-16(7-9-18)17-10-11-26(13-17)22-25-20-4-2-3-5-21(20)31-22/h2-9,17,19H,10-14H2,1H3,(H,24,28)/t17?,19-/m0/s1. The molecule has 2 aliphatic rings. The lowest BCUT2D eigenvalue weighted by Gasteiger charge is -2.17. The van der Waals surface area contributed by atoms with Crippen molar-refractivity contribution in [3.8, 4) is 0 Å². The van der Waals surface area contributed by atoms with Crippen molar-refractivity contribution in [2.45, 2.75) is 25.4 Å². The Kier molecular flexibility index (Phi) is 5.23. The third-order valence-electron chi connectivity index (χ3n) is 5.87. The Balaban J connectivity index is 1.23. The van der Waals surface area contributed by atoms with Crippen molar-refractivity contribution in [2.75, 3.05) is 36.0 Å². The van der Waals surface area contributed by atoms with E-state index in [1.165, 1.54) is 17.2 Å². The molecule has 8 heteroatoms. The molecule has 2 aromatic carbocycles. The monoisotopic (exact) mass is 436 g/mol. The quantitative estimate of drug-likeness (QED) is 0.659. The number of aromatic nitrogens is 1. The zero-order valence-electron chi connectivity index (χ0n) is 17.3. The van der Waals surface area contributed by atoms with Gasteiger partial charge in [0.1, 0.15) is 6.10 Å². The molecule has 0 bridgehead atoms. The second kappa shape index (κ2) is 8.19. The van der Waals surface area contributed by atoms with E-state index in [0.717, 1.165) is 35.8 Å². The second-order valence-corrected chi connectivity index (χ2v) is 9.05. The average Bonchev–Trinajstić information content (AvgIpc) is 3.50. The molecule has 7 nitrogen and oxygen atoms in total. The Labute approximate surface area is 184 Å². The van der Waals surface area contributed by atoms with Crippen LogP contribution in [0.25, 0.3) is 10.2 Å². The zero-order valence-corrected chi connectivity index (χ0v) is 18.1. The number of thiazole rings is 1. The zero-order chi connectivity index (χ0) is 21.4. The van der Waals surface area contributed by atoms with Crippen LogP contribution < -0.4 is 15.1 Å². The maximum absolute atomic E-state index is 12.2. The molecule has 3 aromatic rings. The first kappa shape index (κ1) is 19.8. The summed E-state index contributed by atoms with van der Waals surface area (Å²) >= 11 is 1.75. The SMILES string of the molecule is CC(=O)NC[C@H]1CN(c2ccc(C3CCN(c4nc5ccccc5s4)C3)cc2)C(=O)O1. The average molecular weight is 437 g/mol. The molecule has 31 heavy (non-hydrogen) atoms. The van der Waals surface area contributed by atoms with Crippen molar-refractivity contribution in [3.05, 3.63) is 54.1 Å². The van der Waals surface area contributed by atoms with Crippen LogP contribution in [-0.4, -0.2) is 49.3 Å². The molecular formula is C23H24N4O3S. The number of rotatable bonds is 5. The number of ether oxygens (including phenoxy) is 1. The van der Waals surface area contributed by atoms with E-state index >= 15 is 0 Å². The molecule has 1 unspecified atom stereocenters. The molecule has 2 fully saturated rings. The largest absolute Gasteiger partial charge is 0.442 e. The van der Waals surface area contributed by atoms with Crippen molar-refractivity contribution in [1.29, 1.82) is 0 Å². The number of carbonyl (C=O) groups excluding carboxylic acids is 2. The maximum Gasteiger partial charge on any atom is 0.414 e. The highest BCUT2D eigenvalue weighted by molar-refractivity contribution is 7.22. The fraction of sp³-hybridized carbons (Fsp3) is 0.348. The summed E-state index contributed by atoms with van der Waals surface area (Å²) in [6.07, 6.45) is 0.388. The minimum absolute atomic E-state index is 0.129. The molecule has 1 aromatic heterocycles. The van der Waals surface area contributed by atoms with Gasteiger partial charge in [-0.15, -0.1) is 0 Å². The van der Waals surface area contributed by atoms with Gasteiger partial charge in [-0.05, 0) is 36.2 Å². The Hall–Kier alpha value is -3.13. The first-order valence-electron chi connectivity index (χ1n) is 10.5. The normalized spacial score (nSPS) is 21.0. The van der Waals surface area contributed by atoms with E-state index < -0.39 is 0 Å². The van der Waals surface area contributed by atoms with Gasteiger partial charge in [0.2, 0.25) is 5.91 Å². The summed E-state index contributed by atoms with van der Waals surface area (Å²) in [6, 6.07) is 16.4. The highest BCUT2D eigenvalue weighted by Crippen LogP contribution is 2.35. The third kappa shape index (κ3) is 4.07. The highest BCUT2D eigenvalue weighted by atomic mass is 32.1. The molecule has 2 aliphatic heterocycles. The second-order valence-electron chi connectivity index (χ2n) is 8.04. The molecule has 160 valence electrons. The van der Waals surface area contributed by atoms with Crippen LogP contribution in [0.4, 0.5) is 15.6 Å². The van der Waals surface area contributed by atoms with Crippen molar-refractivity contribution in [1.82, 2.24) is 10.3 Å². The van der Waals surface area contributed by atoms with Crippen LogP contribution in [0.3, 0.4) is 0 Å². The van der Waals surface area contributed by atoms with E-state index in [-0.39, 0.29) is 18.1 Å². The molecule has 1 N–H and O–H groups in total. The number of carbonyl (C=O) groups is 2. The Bertz CT molecular complexity index is 1080. The summed E-state index contributed by atoms with van der Waals surface area (Å²) in [6.45, 7) is 4.17. The molecule has 2 amide bonds. The van der Waals surface area contributed by atoms with Crippen LogP contribution in [0.5, 0.6) is 0 Å². The lowest BCUT2D eigenvalue weighted by molar-refractivity contribution is -0.119. The molecule has 0 radical (unpaired) electrons. The number of amides is 2. The minimum Gasteiger partial charge on any atom is -0.442 e. The molecule has 3 heterocycles. The number of anilines is 2. The molecule has 5 rings (SSSR count). The van der Waals surface area contributed by atoms with Crippen LogP contribution in [-0.2, 0) is 9.53 Å². The van der Waals surface area contributed by atoms with E-state index in [1.54, 1.807) is 16.2 Å².